The van der Waals surface area contributed by atoms with Gasteiger partial charge in [-0.05, 0) is 39.2 Å². The van der Waals surface area contributed by atoms with Gasteiger partial charge in [0.15, 0.2) is 0 Å². The molecule has 1 aliphatic carbocycles. The molecule has 2 N–H and O–H groups in total. The highest BCUT2D eigenvalue weighted by molar-refractivity contribution is 4.93. The molecule has 1 saturated heterocycles. The molecule has 0 aromatic heterocycles. The summed E-state index contributed by atoms with van der Waals surface area (Å²) in [5.41, 5.74) is 0.428. The summed E-state index contributed by atoms with van der Waals surface area (Å²) in [6, 6.07) is 0.566. The van der Waals surface area contributed by atoms with Crippen LogP contribution in [0.2, 0.25) is 0 Å². The number of rotatable bonds is 6. The number of nitrogens with one attached hydrogen (secondary N) is 2. The van der Waals surface area contributed by atoms with Gasteiger partial charge in [-0.1, -0.05) is 6.92 Å². The molecule has 0 aromatic rings. The summed E-state index contributed by atoms with van der Waals surface area (Å²) < 4.78 is 5.58. The summed E-state index contributed by atoms with van der Waals surface area (Å²) >= 11 is 0. The molecule has 0 bridgehead atoms. The first-order chi connectivity index (χ1) is 7.73. The van der Waals surface area contributed by atoms with Crippen molar-refractivity contribution in [2.24, 2.45) is 5.92 Å². The summed E-state index contributed by atoms with van der Waals surface area (Å²) in [7, 11) is 0. The fraction of sp³-hybridized carbons (Fsp3) is 1.00. The lowest BCUT2D eigenvalue weighted by Crippen LogP contribution is -2.52. The Labute approximate surface area is 99.3 Å². The van der Waals surface area contributed by atoms with Gasteiger partial charge in [0.1, 0.15) is 0 Å². The number of hydrogen-bond donors (Lipinski definition) is 2. The summed E-state index contributed by atoms with van der Waals surface area (Å²) in [5.74, 6) is 0.656. The van der Waals surface area contributed by atoms with E-state index in [1.807, 2.05) is 0 Å². The van der Waals surface area contributed by atoms with Gasteiger partial charge < -0.3 is 15.4 Å². The third kappa shape index (κ3) is 2.96. The molecule has 94 valence electrons. The van der Waals surface area contributed by atoms with Crippen molar-refractivity contribution in [3.63, 3.8) is 0 Å². The Kier molecular flexibility index (Phi) is 4.22. The van der Waals surface area contributed by atoms with Crippen molar-refractivity contribution in [1.29, 1.82) is 0 Å². The zero-order chi connectivity index (χ0) is 11.4. The van der Waals surface area contributed by atoms with E-state index in [-0.39, 0.29) is 0 Å². The van der Waals surface area contributed by atoms with Crippen LogP contribution in [-0.2, 0) is 4.74 Å². The average molecular weight is 226 g/mol. The monoisotopic (exact) mass is 226 g/mol. The molecule has 2 fully saturated rings. The van der Waals surface area contributed by atoms with Gasteiger partial charge in [-0.25, -0.2) is 0 Å². The van der Waals surface area contributed by atoms with Crippen LogP contribution in [0.15, 0.2) is 0 Å². The first kappa shape index (κ1) is 12.3. The van der Waals surface area contributed by atoms with E-state index in [1.165, 1.54) is 25.7 Å². The van der Waals surface area contributed by atoms with E-state index < -0.39 is 0 Å². The second-order valence-electron chi connectivity index (χ2n) is 5.65. The Hall–Kier alpha value is -0.120. The number of ether oxygens (including phenoxy) is 1. The van der Waals surface area contributed by atoms with Gasteiger partial charge in [0, 0.05) is 24.0 Å². The highest BCUT2D eigenvalue weighted by Crippen LogP contribution is 2.31. The predicted octanol–water partition coefficient (Wildman–Crippen LogP) is 1.53. The molecule has 0 radical (unpaired) electrons. The average Bonchev–Trinajstić information content (AvgIpc) is 2.68. The minimum Gasteiger partial charge on any atom is -0.379 e. The molecule has 0 aromatic carbocycles. The standard InChI is InChI=1S/C13H26N2O/c1-3-7-14-12-10-16-9-11(12)8-15-13(2)5-4-6-13/h11-12,14-15H,3-10H2,1-2H3. The van der Waals surface area contributed by atoms with Crippen molar-refractivity contribution in [2.45, 2.75) is 51.1 Å². The topological polar surface area (TPSA) is 33.3 Å². The van der Waals surface area contributed by atoms with Crippen LogP contribution in [-0.4, -0.2) is 37.9 Å². The third-order valence-corrected chi connectivity index (χ3v) is 4.10. The summed E-state index contributed by atoms with van der Waals surface area (Å²) in [4.78, 5) is 0. The van der Waals surface area contributed by atoms with Crippen molar-refractivity contribution in [3.05, 3.63) is 0 Å². The van der Waals surface area contributed by atoms with Gasteiger partial charge in [-0.15, -0.1) is 0 Å². The lowest BCUT2D eigenvalue weighted by molar-refractivity contribution is 0.169. The largest absolute Gasteiger partial charge is 0.379 e. The predicted molar refractivity (Wildman–Crippen MR) is 66.6 cm³/mol. The van der Waals surface area contributed by atoms with E-state index >= 15 is 0 Å². The van der Waals surface area contributed by atoms with E-state index in [1.54, 1.807) is 0 Å². The fourth-order valence-electron chi connectivity index (χ4n) is 2.62. The molecule has 0 amide bonds. The summed E-state index contributed by atoms with van der Waals surface area (Å²) in [6.07, 6.45) is 5.28. The maximum Gasteiger partial charge on any atom is 0.0623 e. The SMILES string of the molecule is CCCNC1COCC1CNC1(C)CCC1. The Balaban J connectivity index is 1.70. The van der Waals surface area contributed by atoms with Crippen molar-refractivity contribution in [1.82, 2.24) is 10.6 Å². The summed E-state index contributed by atoms with van der Waals surface area (Å²) in [5, 5.41) is 7.31. The van der Waals surface area contributed by atoms with Crippen molar-refractivity contribution in [3.8, 4) is 0 Å². The lowest BCUT2D eigenvalue weighted by atomic mass is 9.78. The van der Waals surface area contributed by atoms with Crippen LogP contribution in [0.5, 0.6) is 0 Å². The van der Waals surface area contributed by atoms with E-state index in [0.29, 0.717) is 17.5 Å². The van der Waals surface area contributed by atoms with Gasteiger partial charge >= 0.3 is 0 Å². The van der Waals surface area contributed by atoms with Gasteiger partial charge in [-0.3, -0.25) is 0 Å². The zero-order valence-corrected chi connectivity index (χ0v) is 10.7. The Morgan fingerprint density at radius 1 is 1.31 bits per heavy atom. The molecule has 2 aliphatic rings. The van der Waals surface area contributed by atoms with Gasteiger partial charge in [0.25, 0.3) is 0 Å². The van der Waals surface area contributed by atoms with E-state index in [2.05, 4.69) is 24.5 Å². The van der Waals surface area contributed by atoms with Crippen molar-refractivity contribution < 1.29 is 4.74 Å². The smallest absolute Gasteiger partial charge is 0.0623 e. The molecular weight excluding hydrogens is 200 g/mol. The van der Waals surface area contributed by atoms with Crippen LogP contribution in [0.1, 0.15) is 39.5 Å². The maximum absolute atomic E-state index is 5.58. The molecule has 3 heteroatoms. The third-order valence-electron chi connectivity index (χ3n) is 4.10. The van der Waals surface area contributed by atoms with Crippen LogP contribution in [0.3, 0.4) is 0 Å². The molecule has 1 heterocycles. The second-order valence-corrected chi connectivity index (χ2v) is 5.65. The normalized spacial score (nSPS) is 32.6. The maximum atomic E-state index is 5.58. The van der Waals surface area contributed by atoms with Crippen LogP contribution >= 0.6 is 0 Å². The van der Waals surface area contributed by atoms with Crippen LogP contribution in [0.25, 0.3) is 0 Å². The van der Waals surface area contributed by atoms with E-state index in [9.17, 15) is 0 Å². The van der Waals surface area contributed by atoms with E-state index in [4.69, 9.17) is 4.74 Å². The van der Waals surface area contributed by atoms with Crippen molar-refractivity contribution >= 4 is 0 Å². The Bertz CT molecular complexity index is 216. The summed E-state index contributed by atoms with van der Waals surface area (Å²) in [6.45, 7) is 8.60. The molecule has 2 unspecified atom stereocenters. The molecule has 1 saturated carbocycles. The quantitative estimate of drug-likeness (QED) is 0.720. The van der Waals surface area contributed by atoms with Crippen LogP contribution < -0.4 is 10.6 Å². The van der Waals surface area contributed by atoms with Gasteiger partial charge in [0.05, 0.1) is 13.2 Å². The molecule has 16 heavy (non-hydrogen) atoms. The first-order valence-corrected chi connectivity index (χ1v) is 6.80. The first-order valence-electron chi connectivity index (χ1n) is 6.80. The van der Waals surface area contributed by atoms with Gasteiger partial charge in [0.2, 0.25) is 0 Å². The second kappa shape index (κ2) is 5.48. The minimum atomic E-state index is 0.428. The molecule has 2 rings (SSSR count). The molecule has 0 spiro atoms. The zero-order valence-electron chi connectivity index (χ0n) is 10.7. The molecule has 2 atom stereocenters. The fourth-order valence-corrected chi connectivity index (χ4v) is 2.62. The Morgan fingerprint density at radius 3 is 2.75 bits per heavy atom. The molecular formula is C13H26N2O. The number of hydrogen-bond acceptors (Lipinski definition) is 3. The Morgan fingerprint density at radius 2 is 2.12 bits per heavy atom. The van der Waals surface area contributed by atoms with Crippen LogP contribution in [0, 0.1) is 5.92 Å². The van der Waals surface area contributed by atoms with Crippen LogP contribution in [0.4, 0.5) is 0 Å². The highest BCUT2D eigenvalue weighted by Gasteiger charge is 2.34. The van der Waals surface area contributed by atoms with Crippen molar-refractivity contribution in [2.75, 3.05) is 26.3 Å². The van der Waals surface area contributed by atoms with E-state index in [0.717, 1.165) is 26.3 Å². The minimum absolute atomic E-state index is 0.428. The van der Waals surface area contributed by atoms with Gasteiger partial charge in [-0.2, -0.15) is 0 Å². The lowest BCUT2D eigenvalue weighted by Gasteiger charge is -2.40. The highest BCUT2D eigenvalue weighted by atomic mass is 16.5. The molecule has 1 aliphatic heterocycles. The molecule has 3 nitrogen and oxygen atoms in total.